The molecule has 1 aliphatic heterocycles. The van der Waals surface area contributed by atoms with Gasteiger partial charge in [0.15, 0.2) is 6.10 Å². The first-order chi connectivity index (χ1) is 13.2. The summed E-state index contributed by atoms with van der Waals surface area (Å²) in [6, 6.07) is 19.4. The van der Waals surface area contributed by atoms with E-state index in [2.05, 4.69) is 10.6 Å². The zero-order valence-electron chi connectivity index (χ0n) is 15.1. The molecule has 0 spiro atoms. The van der Waals surface area contributed by atoms with E-state index >= 15 is 0 Å². The average molecular weight is 364 g/mol. The number of unbranched alkanes of at least 4 members (excludes halogenated alkanes) is 1. The third kappa shape index (κ3) is 6.08. The highest BCUT2D eigenvalue weighted by atomic mass is 16.6. The van der Waals surface area contributed by atoms with E-state index in [1.807, 2.05) is 60.7 Å². The highest BCUT2D eigenvalue weighted by Gasteiger charge is 2.45. The number of nitrogens with one attached hydrogen (secondary N) is 2. The first-order valence-electron chi connectivity index (χ1n) is 9.23. The van der Waals surface area contributed by atoms with Crippen molar-refractivity contribution in [3.8, 4) is 0 Å². The molecular weight excluding hydrogens is 340 g/mol. The maximum absolute atomic E-state index is 12.0. The van der Waals surface area contributed by atoms with Gasteiger partial charge in [-0.05, 0) is 30.0 Å². The number of amides is 2. The van der Waals surface area contributed by atoms with Crippen molar-refractivity contribution < 1.29 is 14.3 Å². The monoisotopic (exact) mass is 364 g/mol. The summed E-state index contributed by atoms with van der Waals surface area (Å²) in [5.41, 5.74) is 2.02. The summed E-state index contributed by atoms with van der Waals surface area (Å²) in [6.07, 6.45) is 4.42. The normalized spacial score (nSPS) is 18.2. The Bertz CT molecular complexity index is 775. The topological polar surface area (TPSA) is 70.7 Å². The molecule has 0 aliphatic carbocycles. The minimum Gasteiger partial charge on any atom is -0.354 e. The smallest absolute Gasteiger partial charge is 0.252 e. The average Bonchev–Trinajstić information content (AvgIpc) is 3.51. The van der Waals surface area contributed by atoms with Gasteiger partial charge < -0.3 is 15.4 Å². The summed E-state index contributed by atoms with van der Waals surface area (Å²) in [7, 11) is 0. The SMILES string of the molecule is O=C(/C=C/c1ccccc1)NCCCCNC(=O)C1OC1c1ccccc1. The van der Waals surface area contributed by atoms with Crippen LogP contribution in [0.5, 0.6) is 0 Å². The molecule has 5 nitrogen and oxygen atoms in total. The van der Waals surface area contributed by atoms with Crippen LogP contribution in [-0.2, 0) is 14.3 Å². The van der Waals surface area contributed by atoms with E-state index in [-0.39, 0.29) is 24.0 Å². The predicted molar refractivity (Wildman–Crippen MR) is 105 cm³/mol. The molecule has 0 saturated carbocycles. The van der Waals surface area contributed by atoms with Crippen LogP contribution in [0.2, 0.25) is 0 Å². The quantitative estimate of drug-likeness (QED) is 0.408. The molecule has 0 radical (unpaired) electrons. The second-order valence-electron chi connectivity index (χ2n) is 6.42. The molecule has 0 bridgehead atoms. The summed E-state index contributed by atoms with van der Waals surface area (Å²) >= 11 is 0. The van der Waals surface area contributed by atoms with Crippen molar-refractivity contribution in [1.82, 2.24) is 10.6 Å². The summed E-state index contributed by atoms with van der Waals surface area (Å²) < 4.78 is 5.46. The maximum Gasteiger partial charge on any atom is 0.252 e. The van der Waals surface area contributed by atoms with Crippen LogP contribution in [0.4, 0.5) is 0 Å². The van der Waals surface area contributed by atoms with Crippen molar-refractivity contribution in [1.29, 1.82) is 0 Å². The van der Waals surface area contributed by atoms with Crippen molar-refractivity contribution in [2.75, 3.05) is 13.1 Å². The second kappa shape index (κ2) is 9.69. The van der Waals surface area contributed by atoms with Gasteiger partial charge in [-0.3, -0.25) is 9.59 Å². The van der Waals surface area contributed by atoms with Crippen molar-refractivity contribution in [2.24, 2.45) is 0 Å². The van der Waals surface area contributed by atoms with E-state index < -0.39 is 0 Å². The molecule has 3 rings (SSSR count). The molecule has 140 valence electrons. The molecular formula is C22H24N2O3. The van der Waals surface area contributed by atoms with E-state index in [1.165, 1.54) is 6.08 Å². The Kier molecular flexibility index (Phi) is 6.77. The molecule has 2 N–H and O–H groups in total. The van der Waals surface area contributed by atoms with Gasteiger partial charge in [-0.2, -0.15) is 0 Å². The third-order valence-electron chi connectivity index (χ3n) is 4.31. The maximum atomic E-state index is 12.0. The Morgan fingerprint density at radius 1 is 0.889 bits per heavy atom. The molecule has 1 saturated heterocycles. The van der Waals surface area contributed by atoms with E-state index in [0.717, 1.165) is 24.0 Å². The van der Waals surface area contributed by atoms with Crippen LogP contribution < -0.4 is 10.6 Å². The zero-order chi connectivity index (χ0) is 18.9. The Hall–Kier alpha value is -2.92. The fraction of sp³-hybridized carbons (Fsp3) is 0.273. The largest absolute Gasteiger partial charge is 0.354 e. The molecule has 5 heteroatoms. The Labute approximate surface area is 159 Å². The van der Waals surface area contributed by atoms with E-state index in [4.69, 9.17) is 4.74 Å². The first kappa shape index (κ1) is 18.9. The van der Waals surface area contributed by atoms with Crippen molar-refractivity contribution in [3.63, 3.8) is 0 Å². The van der Waals surface area contributed by atoms with Crippen LogP contribution in [0.15, 0.2) is 66.7 Å². The minimum absolute atomic E-state index is 0.0707. The van der Waals surface area contributed by atoms with Gasteiger partial charge in [-0.1, -0.05) is 60.7 Å². The van der Waals surface area contributed by atoms with E-state index in [1.54, 1.807) is 6.08 Å². The lowest BCUT2D eigenvalue weighted by molar-refractivity contribution is -0.122. The van der Waals surface area contributed by atoms with Crippen LogP contribution in [0.25, 0.3) is 6.08 Å². The number of carbonyl (C=O) groups is 2. The molecule has 2 atom stereocenters. The molecule has 0 aromatic heterocycles. The van der Waals surface area contributed by atoms with Gasteiger partial charge in [0.05, 0.1) is 0 Å². The second-order valence-corrected chi connectivity index (χ2v) is 6.42. The number of carbonyl (C=O) groups excluding carboxylic acids is 2. The molecule has 1 heterocycles. The van der Waals surface area contributed by atoms with Gasteiger partial charge >= 0.3 is 0 Å². The number of benzene rings is 2. The zero-order valence-corrected chi connectivity index (χ0v) is 15.1. The molecule has 2 amide bonds. The van der Waals surface area contributed by atoms with Crippen LogP contribution in [0.3, 0.4) is 0 Å². The molecule has 1 aliphatic rings. The Balaban J connectivity index is 1.24. The number of hydrogen-bond donors (Lipinski definition) is 2. The molecule has 2 aromatic rings. The van der Waals surface area contributed by atoms with Crippen LogP contribution in [0, 0.1) is 0 Å². The van der Waals surface area contributed by atoms with Gasteiger partial charge in [-0.15, -0.1) is 0 Å². The van der Waals surface area contributed by atoms with Crippen molar-refractivity contribution in [2.45, 2.75) is 25.0 Å². The van der Waals surface area contributed by atoms with Crippen LogP contribution in [-0.4, -0.2) is 31.0 Å². The van der Waals surface area contributed by atoms with Crippen LogP contribution in [0.1, 0.15) is 30.1 Å². The minimum atomic E-state index is -0.379. The lowest BCUT2D eigenvalue weighted by Crippen LogP contribution is -2.30. The van der Waals surface area contributed by atoms with Gasteiger partial charge in [0.2, 0.25) is 5.91 Å². The highest BCUT2D eigenvalue weighted by molar-refractivity contribution is 5.91. The van der Waals surface area contributed by atoms with Crippen molar-refractivity contribution in [3.05, 3.63) is 77.9 Å². The number of rotatable bonds is 9. The third-order valence-corrected chi connectivity index (χ3v) is 4.31. The lowest BCUT2D eigenvalue weighted by atomic mass is 10.1. The predicted octanol–water partition coefficient (Wildman–Crippen LogP) is 2.85. The summed E-state index contributed by atoms with van der Waals surface area (Å²) in [4.78, 5) is 23.8. The fourth-order valence-electron chi connectivity index (χ4n) is 2.78. The fourth-order valence-corrected chi connectivity index (χ4v) is 2.78. The standard InChI is InChI=1S/C22H24N2O3/c25-19(14-13-17-9-3-1-4-10-17)23-15-7-8-16-24-22(26)21-20(27-21)18-11-5-2-6-12-18/h1-6,9-14,20-21H,7-8,15-16H2,(H,23,25)(H,24,26)/b14-13+. The molecule has 2 unspecified atom stereocenters. The molecule has 27 heavy (non-hydrogen) atoms. The van der Waals surface area contributed by atoms with Crippen LogP contribution >= 0.6 is 0 Å². The van der Waals surface area contributed by atoms with Gasteiger partial charge in [0.1, 0.15) is 6.10 Å². The molecule has 1 fully saturated rings. The Morgan fingerprint density at radius 3 is 2.22 bits per heavy atom. The lowest BCUT2D eigenvalue weighted by Gasteiger charge is -2.04. The summed E-state index contributed by atoms with van der Waals surface area (Å²) in [5.74, 6) is -0.182. The highest BCUT2D eigenvalue weighted by Crippen LogP contribution is 2.38. The first-order valence-corrected chi connectivity index (χ1v) is 9.23. The number of epoxide rings is 1. The van der Waals surface area contributed by atoms with Crippen molar-refractivity contribution >= 4 is 17.9 Å². The summed E-state index contributed by atoms with van der Waals surface area (Å²) in [5, 5.41) is 5.73. The van der Waals surface area contributed by atoms with E-state index in [0.29, 0.717) is 13.1 Å². The summed E-state index contributed by atoms with van der Waals surface area (Å²) in [6.45, 7) is 1.16. The van der Waals surface area contributed by atoms with Gasteiger partial charge in [0, 0.05) is 19.2 Å². The number of ether oxygens (including phenoxy) is 1. The molecule has 2 aromatic carbocycles. The number of hydrogen-bond acceptors (Lipinski definition) is 3. The van der Waals surface area contributed by atoms with Gasteiger partial charge in [-0.25, -0.2) is 0 Å². The van der Waals surface area contributed by atoms with Gasteiger partial charge in [0.25, 0.3) is 5.91 Å². The van der Waals surface area contributed by atoms with E-state index in [9.17, 15) is 9.59 Å². The Morgan fingerprint density at radius 2 is 1.52 bits per heavy atom.